The number of nitrogens with one attached hydrogen (secondary N) is 1. The number of rotatable bonds is 4. The molecule has 1 aromatic rings. The van der Waals surface area contributed by atoms with Crippen LogP contribution in [0, 0.1) is 0 Å². The number of benzene rings is 1. The molecule has 0 saturated carbocycles. The predicted molar refractivity (Wildman–Crippen MR) is 72.6 cm³/mol. The summed E-state index contributed by atoms with van der Waals surface area (Å²) in [5.74, 6) is 1.49. The Labute approximate surface area is 113 Å². The molecule has 4 heteroatoms. The van der Waals surface area contributed by atoms with Gasteiger partial charge in [-0.15, -0.1) is 0 Å². The molecule has 19 heavy (non-hydrogen) atoms. The third-order valence-electron chi connectivity index (χ3n) is 3.56. The second-order valence-corrected chi connectivity index (χ2v) is 4.97. The molecule has 1 aromatic carbocycles. The average Bonchev–Trinajstić information content (AvgIpc) is 2.97. The summed E-state index contributed by atoms with van der Waals surface area (Å²) in [7, 11) is 0. The molecule has 0 saturated heterocycles. The Bertz CT molecular complexity index is 464. The maximum atomic E-state index is 10.2. The molecule has 1 atom stereocenters. The van der Waals surface area contributed by atoms with Gasteiger partial charge in [-0.1, -0.05) is 18.2 Å². The van der Waals surface area contributed by atoms with E-state index >= 15 is 0 Å². The summed E-state index contributed by atoms with van der Waals surface area (Å²) in [6, 6.07) is 6.09. The first-order valence-electron chi connectivity index (χ1n) is 6.79. The van der Waals surface area contributed by atoms with E-state index in [2.05, 4.69) is 17.5 Å². The van der Waals surface area contributed by atoms with Crippen LogP contribution in [0.15, 0.2) is 30.4 Å². The summed E-state index contributed by atoms with van der Waals surface area (Å²) in [6.45, 7) is 1.72. The van der Waals surface area contributed by atoms with Gasteiger partial charge in [-0.3, -0.25) is 0 Å². The van der Waals surface area contributed by atoms with E-state index < -0.39 is 6.10 Å². The first-order valence-corrected chi connectivity index (χ1v) is 6.79. The summed E-state index contributed by atoms with van der Waals surface area (Å²) in [6.07, 6.45) is 5.93. The molecule has 0 amide bonds. The minimum Gasteiger partial charge on any atom is -0.486 e. The maximum Gasteiger partial charge on any atom is 0.161 e. The summed E-state index contributed by atoms with van der Waals surface area (Å²) in [5, 5.41) is 13.6. The van der Waals surface area contributed by atoms with Crippen LogP contribution in [0.2, 0.25) is 0 Å². The number of hydrogen-bond donors (Lipinski definition) is 2. The lowest BCUT2D eigenvalue weighted by atomic mass is 10.1. The molecular formula is C15H19NO3. The van der Waals surface area contributed by atoms with Crippen molar-refractivity contribution >= 4 is 0 Å². The van der Waals surface area contributed by atoms with E-state index in [1.165, 1.54) is 0 Å². The largest absolute Gasteiger partial charge is 0.486 e. The van der Waals surface area contributed by atoms with Crippen LogP contribution in [0.1, 0.15) is 24.5 Å². The molecule has 1 heterocycles. The summed E-state index contributed by atoms with van der Waals surface area (Å²) in [4.78, 5) is 0. The van der Waals surface area contributed by atoms with Crippen LogP contribution in [0.3, 0.4) is 0 Å². The van der Waals surface area contributed by atoms with Crippen LogP contribution < -0.4 is 14.8 Å². The minimum atomic E-state index is -0.517. The summed E-state index contributed by atoms with van der Waals surface area (Å²) in [5.41, 5.74) is 0.864. The molecule has 0 fully saturated rings. The van der Waals surface area contributed by atoms with E-state index in [9.17, 15) is 5.11 Å². The van der Waals surface area contributed by atoms with Crippen LogP contribution in [-0.4, -0.2) is 30.9 Å². The highest BCUT2D eigenvalue weighted by molar-refractivity contribution is 5.44. The molecule has 1 aliphatic carbocycles. The molecule has 2 aliphatic rings. The van der Waals surface area contributed by atoms with Crippen LogP contribution in [0.5, 0.6) is 11.5 Å². The zero-order chi connectivity index (χ0) is 13.1. The van der Waals surface area contributed by atoms with Crippen molar-refractivity contribution in [3.05, 3.63) is 35.9 Å². The van der Waals surface area contributed by atoms with Crippen LogP contribution in [0.4, 0.5) is 0 Å². The number of hydrogen-bond acceptors (Lipinski definition) is 4. The van der Waals surface area contributed by atoms with Crippen molar-refractivity contribution in [3.8, 4) is 11.5 Å². The van der Waals surface area contributed by atoms with E-state index in [1.807, 2.05) is 18.2 Å². The second kappa shape index (κ2) is 5.63. The van der Waals surface area contributed by atoms with Gasteiger partial charge in [-0.05, 0) is 30.5 Å². The molecule has 3 rings (SSSR count). The van der Waals surface area contributed by atoms with Gasteiger partial charge in [0, 0.05) is 12.6 Å². The van der Waals surface area contributed by atoms with E-state index in [4.69, 9.17) is 9.47 Å². The van der Waals surface area contributed by atoms with Gasteiger partial charge in [-0.25, -0.2) is 0 Å². The third kappa shape index (κ3) is 2.91. The van der Waals surface area contributed by atoms with E-state index in [0.717, 1.165) is 29.9 Å². The molecule has 0 aromatic heterocycles. The third-order valence-corrected chi connectivity index (χ3v) is 3.56. The highest BCUT2D eigenvalue weighted by Crippen LogP contribution is 2.32. The molecule has 4 nitrogen and oxygen atoms in total. The van der Waals surface area contributed by atoms with Gasteiger partial charge in [-0.2, -0.15) is 0 Å². The molecular weight excluding hydrogens is 242 g/mol. The quantitative estimate of drug-likeness (QED) is 0.811. The molecule has 102 valence electrons. The topological polar surface area (TPSA) is 50.7 Å². The summed E-state index contributed by atoms with van der Waals surface area (Å²) < 4.78 is 11.0. The van der Waals surface area contributed by atoms with Crippen molar-refractivity contribution < 1.29 is 14.6 Å². The molecule has 1 unspecified atom stereocenters. The molecule has 1 aliphatic heterocycles. The van der Waals surface area contributed by atoms with Gasteiger partial charge in [0.2, 0.25) is 0 Å². The lowest BCUT2D eigenvalue weighted by molar-refractivity contribution is 0.161. The predicted octanol–water partition coefficient (Wildman–Crippen LogP) is 1.80. The highest BCUT2D eigenvalue weighted by atomic mass is 16.6. The van der Waals surface area contributed by atoms with Crippen molar-refractivity contribution in [2.75, 3.05) is 19.8 Å². The van der Waals surface area contributed by atoms with E-state index in [1.54, 1.807) is 0 Å². The molecule has 0 spiro atoms. The standard InChI is InChI=1S/C15H19NO3/c17-13(10-16-12-3-1-2-4-12)11-5-6-14-15(9-11)19-8-7-18-14/h1-2,5-6,9,12-13,16-17H,3-4,7-8,10H2. The Morgan fingerprint density at radius 3 is 2.68 bits per heavy atom. The SMILES string of the molecule is OC(CNC1CC=CC1)c1ccc2c(c1)OCCO2. The second-order valence-electron chi connectivity index (χ2n) is 4.97. The van der Waals surface area contributed by atoms with Gasteiger partial charge >= 0.3 is 0 Å². The highest BCUT2D eigenvalue weighted by Gasteiger charge is 2.17. The normalized spacial score (nSPS) is 19.6. The van der Waals surface area contributed by atoms with Gasteiger partial charge in [0.1, 0.15) is 13.2 Å². The van der Waals surface area contributed by atoms with Crippen molar-refractivity contribution in [1.82, 2.24) is 5.32 Å². The van der Waals surface area contributed by atoms with Gasteiger partial charge in [0.05, 0.1) is 6.10 Å². The lowest BCUT2D eigenvalue weighted by Crippen LogP contribution is -2.30. The fraction of sp³-hybridized carbons (Fsp3) is 0.467. The Morgan fingerprint density at radius 2 is 1.89 bits per heavy atom. The zero-order valence-corrected chi connectivity index (χ0v) is 10.8. The number of aliphatic hydroxyl groups excluding tert-OH is 1. The molecule has 0 radical (unpaired) electrons. The lowest BCUT2D eigenvalue weighted by Gasteiger charge is -2.21. The summed E-state index contributed by atoms with van der Waals surface area (Å²) >= 11 is 0. The van der Waals surface area contributed by atoms with Crippen molar-refractivity contribution in [3.63, 3.8) is 0 Å². The smallest absolute Gasteiger partial charge is 0.161 e. The Kier molecular flexibility index (Phi) is 3.71. The van der Waals surface area contributed by atoms with Crippen LogP contribution in [-0.2, 0) is 0 Å². The Balaban J connectivity index is 1.61. The molecule has 0 bridgehead atoms. The maximum absolute atomic E-state index is 10.2. The van der Waals surface area contributed by atoms with Crippen molar-refractivity contribution in [1.29, 1.82) is 0 Å². The van der Waals surface area contributed by atoms with Gasteiger partial charge < -0.3 is 19.9 Å². The van der Waals surface area contributed by atoms with Gasteiger partial charge in [0.15, 0.2) is 11.5 Å². The number of ether oxygens (including phenoxy) is 2. The number of fused-ring (bicyclic) bond motifs is 1. The van der Waals surface area contributed by atoms with Crippen LogP contribution in [0.25, 0.3) is 0 Å². The first-order chi connectivity index (χ1) is 9.33. The van der Waals surface area contributed by atoms with Crippen LogP contribution >= 0.6 is 0 Å². The Hall–Kier alpha value is -1.52. The average molecular weight is 261 g/mol. The fourth-order valence-corrected chi connectivity index (χ4v) is 2.45. The molecule has 2 N–H and O–H groups in total. The number of aliphatic hydroxyl groups is 1. The zero-order valence-electron chi connectivity index (χ0n) is 10.8. The van der Waals surface area contributed by atoms with Crippen molar-refractivity contribution in [2.24, 2.45) is 0 Å². The van der Waals surface area contributed by atoms with Gasteiger partial charge in [0.25, 0.3) is 0 Å². The van der Waals surface area contributed by atoms with Crippen molar-refractivity contribution in [2.45, 2.75) is 25.0 Å². The van der Waals surface area contributed by atoms with E-state index in [-0.39, 0.29) is 0 Å². The first kappa shape index (κ1) is 12.5. The minimum absolute atomic E-state index is 0.465. The fourth-order valence-electron chi connectivity index (χ4n) is 2.45. The Morgan fingerprint density at radius 1 is 1.16 bits per heavy atom. The van der Waals surface area contributed by atoms with E-state index in [0.29, 0.717) is 25.8 Å². The monoisotopic (exact) mass is 261 g/mol.